The first-order chi connectivity index (χ1) is 13.9. The fraction of sp³-hybridized carbons (Fsp3) is 0.350. The first-order valence-corrected chi connectivity index (χ1v) is 10.3. The summed E-state index contributed by atoms with van der Waals surface area (Å²) in [4.78, 5) is 27.5. The number of halogens is 1. The highest BCUT2D eigenvalue weighted by molar-refractivity contribution is 7.16. The molecule has 2 amide bonds. The lowest BCUT2D eigenvalue weighted by molar-refractivity contribution is -0.119. The summed E-state index contributed by atoms with van der Waals surface area (Å²) in [6, 6.07) is 7.14. The van der Waals surface area contributed by atoms with Gasteiger partial charge >= 0.3 is 0 Å². The van der Waals surface area contributed by atoms with Crippen molar-refractivity contribution in [2.45, 2.75) is 19.3 Å². The molecule has 0 saturated carbocycles. The monoisotopic (exact) mass is 432 g/mol. The molecule has 0 fully saturated rings. The third-order valence-corrected chi connectivity index (χ3v) is 5.99. The van der Waals surface area contributed by atoms with Crippen LogP contribution < -0.4 is 15.4 Å². The number of rotatable bonds is 7. The Hall–Kier alpha value is -2.60. The van der Waals surface area contributed by atoms with E-state index in [2.05, 4.69) is 16.7 Å². The summed E-state index contributed by atoms with van der Waals surface area (Å²) >= 11 is 7.44. The van der Waals surface area contributed by atoms with Gasteiger partial charge in [0.15, 0.2) is 0 Å². The van der Waals surface area contributed by atoms with E-state index < -0.39 is 0 Å². The fourth-order valence-electron chi connectivity index (χ4n) is 3.29. The lowest BCUT2D eigenvalue weighted by atomic mass is 10.1. The second-order valence-corrected chi connectivity index (χ2v) is 8.33. The van der Waals surface area contributed by atoms with Gasteiger partial charge in [0.25, 0.3) is 0 Å². The van der Waals surface area contributed by atoms with Crippen molar-refractivity contribution >= 4 is 45.4 Å². The summed E-state index contributed by atoms with van der Waals surface area (Å²) in [5, 5.41) is 16.0. The Balaban J connectivity index is 1.55. The van der Waals surface area contributed by atoms with E-state index in [0.29, 0.717) is 27.0 Å². The van der Waals surface area contributed by atoms with Crippen LogP contribution in [0.2, 0.25) is 5.02 Å². The molecule has 29 heavy (non-hydrogen) atoms. The van der Waals surface area contributed by atoms with Crippen molar-refractivity contribution in [1.82, 2.24) is 4.90 Å². The number of hydrogen-bond donors (Lipinski definition) is 2. The molecular formula is C20H21ClN4O3S. The number of carbonyl (C=O) groups excluding carboxylic acids is 2. The highest BCUT2D eigenvalue weighted by atomic mass is 35.5. The second-order valence-electron chi connectivity index (χ2n) is 6.79. The molecule has 0 bridgehead atoms. The van der Waals surface area contributed by atoms with Gasteiger partial charge in [-0.1, -0.05) is 11.6 Å². The highest BCUT2D eigenvalue weighted by Gasteiger charge is 2.23. The second kappa shape index (κ2) is 9.27. The maximum atomic E-state index is 12.4. The highest BCUT2D eigenvalue weighted by Crippen LogP contribution is 2.38. The number of carbonyl (C=O) groups is 2. The van der Waals surface area contributed by atoms with Gasteiger partial charge in [0.05, 0.1) is 31.5 Å². The molecule has 1 aromatic carbocycles. The number of aryl methyl sites for hydroxylation is 1. The molecule has 7 nitrogen and oxygen atoms in total. The standard InChI is InChI=1S/C20H21ClN4O3S/c1-25(10-18(26)23-15-8-12(21)6-7-16(15)28-2)11-19(27)24-20-14(9-22)13-4-3-5-17(13)29-20/h6-8H,3-5,10-11H2,1-2H3,(H,23,26)(H,24,27). The molecule has 152 valence electrons. The van der Waals surface area contributed by atoms with Crippen molar-refractivity contribution in [1.29, 1.82) is 5.26 Å². The Kier molecular flexibility index (Phi) is 6.75. The van der Waals surface area contributed by atoms with Crippen LogP contribution in [0.25, 0.3) is 0 Å². The van der Waals surface area contributed by atoms with Gasteiger partial charge in [-0.05, 0) is 50.1 Å². The van der Waals surface area contributed by atoms with Gasteiger partial charge in [0.1, 0.15) is 16.8 Å². The number of anilines is 2. The number of nitrogens with one attached hydrogen (secondary N) is 2. The Morgan fingerprint density at radius 3 is 2.69 bits per heavy atom. The van der Waals surface area contributed by atoms with Gasteiger partial charge in [0, 0.05) is 9.90 Å². The van der Waals surface area contributed by atoms with Crippen molar-refractivity contribution in [2.24, 2.45) is 0 Å². The molecule has 1 aliphatic carbocycles. The van der Waals surface area contributed by atoms with Gasteiger partial charge in [-0.2, -0.15) is 5.26 Å². The van der Waals surface area contributed by atoms with Crippen molar-refractivity contribution < 1.29 is 14.3 Å². The van der Waals surface area contributed by atoms with Crippen LogP contribution in [0.15, 0.2) is 18.2 Å². The summed E-state index contributed by atoms with van der Waals surface area (Å²) in [6.45, 7) is 0.0304. The van der Waals surface area contributed by atoms with E-state index >= 15 is 0 Å². The summed E-state index contributed by atoms with van der Waals surface area (Å²) in [6.07, 6.45) is 2.90. The molecular weight excluding hydrogens is 412 g/mol. The summed E-state index contributed by atoms with van der Waals surface area (Å²) in [5.74, 6) is -0.0661. The summed E-state index contributed by atoms with van der Waals surface area (Å²) in [5.41, 5.74) is 2.11. The first kappa shape index (κ1) is 21.1. The molecule has 1 heterocycles. The molecule has 2 aromatic rings. The molecule has 0 aliphatic heterocycles. The Labute approximate surface area is 178 Å². The van der Waals surface area contributed by atoms with Crippen LogP contribution >= 0.6 is 22.9 Å². The molecule has 0 saturated heterocycles. The number of benzene rings is 1. The molecule has 0 unspecified atom stereocenters. The van der Waals surface area contributed by atoms with Gasteiger partial charge in [0.2, 0.25) is 11.8 Å². The molecule has 2 N–H and O–H groups in total. The van der Waals surface area contributed by atoms with Crippen molar-refractivity contribution in [3.8, 4) is 11.8 Å². The number of amides is 2. The van der Waals surface area contributed by atoms with E-state index in [1.165, 1.54) is 23.3 Å². The number of nitriles is 1. The third-order valence-electron chi connectivity index (χ3n) is 4.55. The van der Waals surface area contributed by atoms with Crippen molar-refractivity contribution in [2.75, 3.05) is 37.9 Å². The van der Waals surface area contributed by atoms with Crippen LogP contribution in [-0.4, -0.2) is 44.0 Å². The predicted octanol–water partition coefficient (Wildman–Crippen LogP) is 3.28. The maximum Gasteiger partial charge on any atom is 0.239 e. The number of ether oxygens (including phenoxy) is 1. The van der Waals surface area contributed by atoms with Gasteiger partial charge in [-0.25, -0.2) is 0 Å². The van der Waals surface area contributed by atoms with Gasteiger partial charge in [-0.15, -0.1) is 11.3 Å². The van der Waals surface area contributed by atoms with Gasteiger partial charge < -0.3 is 15.4 Å². The van der Waals surface area contributed by atoms with E-state index in [9.17, 15) is 14.9 Å². The topological polar surface area (TPSA) is 94.5 Å². The van der Waals surface area contributed by atoms with Crippen LogP contribution in [0.3, 0.4) is 0 Å². The number of likely N-dealkylation sites (N-methyl/N-ethyl adjacent to an activating group) is 1. The molecule has 9 heteroatoms. The van der Waals surface area contributed by atoms with E-state index in [1.807, 2.05) is 0 Å². The maximum absolute atomic E-state index is 12.4. The minimum atomic E-state index is -0.298. The first-order valence-electron chi connectivity index (χ1n) is 9.07. The third kappa shape index (κ3) is 5.07. The number of nitrogens with zero attached hydrogens (tertiary/aromatic N) is 2. The number of hydrogen-bond acceptors (Lipinski definition) is 6. The summed E-state index contributed by atoms with van der Waals surface area (Å²) < 4.78 is 5.21. The molecule has 1 aliphatic rings. The van der Waals surface area contributed by atoms with Crippen LogP contribution in [0.4, 0.5) is 10.7 Å². The Morgan fingerprint density at radius 2 is 2.00 bits per heavy atom. The minimum Gasteiger partial charge on any atom is -0.495 e. The SMILES string of the molecule is COc1ccc(Cl)cc1NC(=O)CN(C)CC(=O)Nc1sc2c(c1C#N)CCC2. The average molecular weight is 433 g/mol. The summed E-state index contributed by atoms with van der Waals surface area (Å²) in [7, 11) is 3.18. The molecule has 3 rings (SSSR count). The smallest absolute Gasteiger partial charge is 0.239 e. The average Bonchev–Trinajstić information content (AvgIpc) is 3.22. The normalized spacial score (nSPS) is 12.4. The molecule has 0 spiro atoms. The van der Waals surface area contributed by atoms with E-state index in [4.69, 9.17) is 16.3 Å². The zero-order chi connectivity index (χ0) is 21.0. The van der Waals surface area contributed by atoms with Crippen LogP contribution in [0.1, 0.15) is 22.4 Å². The van der Waals surface area contributed by atoms with E-state index in [0.717, 1.165) is 24.8 Å². The lowest BCUT2D eigenvalue weighted by Gasteiger charge is -2.17. The fourth-order valence-corrected chi connectivity index (χ4v) is 4.72. The van der Waals surface area contributed by atoms with Crippen molar-refractivity contribution in [3.05, 3.63) is 39.2 Å². The zero-order valence-corrected chi connectivity index (χ0v) is 17.7. The van der Waals surface area contributed by atoms with E-state index in [1.54, 1.807) is 30.1 Å². The van der Waals surface area contributed by atoms with Crippen LogP contribution in [-0.2, 0) is 22.4 Å². The number of thiophene rings is 1. The zero-order valence-electron chi connectivity index (χ0n) is 16.2. The minimum absolute atomic E-state index is 0.00906. The van der Waals surface area contributed by atoms with Crippen molar-refractivity contribution in [3.63, 3.8) is 0 Å². The number of methoxy groups -OCH3 is 1. The quantitative estimate of drug-likeness (QED) is 0.700. The Morgan fingerprint density at radius 1 is 1.28 bits per heavy atom. The lowest BCUT2D eigenvalue weighted by Crippen LogP contribution is -2.36. The number of fused-ring (bicyclic) bond motifs is 1. The van der Waals surface area contributed by atoms with Crippen LogP contribution in [0.5, 0.6) is 5.75 Å². The van der Waals surface area contributed by atoms with Crippen LogP contribution in [0, 0.1) is 11.3 Å². The van der Waals surface area contributed by atoms with E-state index in [-0.39, 0.29) is 24.9 Å². The van der Waals surface area contributed by atoms with Gasteiger partial charge in [-0.3, -0.25) is 14.5 Å². The predicted molar refractivity (Wildman–Crippen MR) is 114 cm³/mol. The molecule has 1 aromatic heterocycles. The molecule has 0 atom stereocenters. The molecule has 0 radical (unpaired) electrons. The largest absolute Gasteiger partial charge is 0.495 e. The Bertz CT molecular complexity index is 983.